The molecule has 0 unspecified atom stereocenters. The summed E-state index contributed by atoms with van der Waals surface area (Å²) in [5.74, 6) is -0.926. The summed E-state index contributed by atoms with van der Waals surface area (Å²) in [6.45, 7) is 2.00. The minimum absolute atomic E-state index is 0.332. The first kappa shape index (κ1) is 20.8. The lowest BCUT2D eigenvalue weighted by Gasteiger charge is -2.29. The summed E-state index contributed by atoms with van der Waals surface area (Å²) < 4.78 is 30.3. The number of carbonyl (C=O) groups excluding carboxylic acids is 2. The van der Waals surface area contributed by atoms with Gasteiger partial charge >= 0.3 is 5.97 Å². The lowest BCUT2D eigenvalue weighted by molar-refractivity contribution is -0.136. The number of rotatable bonds is 6. The number of esters is 1. The van der Waals surface area contributed by atoms with Gasteiger partial charge in [-0.05, 0) is 60.7 Å². The molecule has 1 heterocycles. The normalized spacial score (nSPS) is 13.9. The van der Waals surface area contributed by atoms with Crippen molar-refractivity contribution >= 4 is 33.5 Å². The molecular weight excluding hydrogens is 390 g/mol. The van der Waals surface area contributed by atoms with Gasteiger partial charge in [0.05, 0.1) is 11.9 Å². The molecule has 2 aromatic carbocycles. The molecule has 3 rings (SSSR count). The van der Waals surface area contributed by atoms with Crippen LogP contribution in [0.2, 0.25) is 0 Å². The fourth-order valence-corrected chi connectivity index (χ4v) is 4.28. The molecule has 0 fully saturated rings. The van der Waals surface area contributed by atoms with Crippen LogP contribution in [0.4, 0.5) is 5.69 Å². The minimum Gasteiger partial charge on any atom is -0.454 e. The standard InChI is InChI=1S/C22H23NO5S/c1-16-6-3-4-7-17(16)10-12-22(25)28-15-21(24)19-9-11-20-18(14-19)8-5-13-23(20)29(2,26)27/h3-4,6-7,9-12,14H,5,8,13,15H2,1-2H3/b12-10+. The molecule has 2 aromatic rings. The number of ketones is 1. The van der Waals surface area contributed by atoms with Crippen LogP contribution in [0.3, 0.4) is 0 Å². The highest BCUT2D eigenvalue weighted by Gasteiger charge is 2.24. The second kappa shape index (κ2) is 8.61. The van der Waals surface area contributed by atoms with Gasteiger partial charge in [-0.3, -0.25) is 9.10 Å². The molecule has 0 saturated carbocycles. The van der Waals surface area contributed by atoms with Gasteiger partial charge in [0.15, 0.2) is 12.4 Å². The lowest BCUT2D eigenvalue weighted by atomic mass is 9.99. The van der Waals surface area contributed by atoms with Gasteiger partial charge in [0.1, 0.15) is 0 Å². The van der Waals surface area contributed by atoms with E-state index >= 15 is 0 Å². The Labute approximate surface area is 170 Å². The number of fused-ring (bicyclic) bond motifs is 1. The van der Waals surface area contributed by atoms with Crippen molar-refractivity contribution < 1.29 is 22.7 Å². The Morgan fingerprint density at radius 3 is 2.66 bits per heavy atom. The van der Waals surface area contributed by atoms with Gasteiger partial charge in [0, 0.05) is 18.2 Å². The van der Waals surface area contributed by atoms with Gasteiger partial charge in [-0.15, -0.1) is 0 Å². The SMILES string of the molecule is Cc1ccccc1/C=C/C(=O)OCC(=O)c1ccc2c(c1)CCCN2S(C)(=O)=O. The van der Waals surface area contributed by atoms with E-state index < -0.39 is 16.0 Å². The maximum atomic E-state index is 12.4. The fraction of sp³-hybridized carbons (Fsp3) is 0.273. The number of carbonyl (C=O) groups is 2. The van der Waals surface area contributed by atoms with Crippen molar-refractivity contribution in [2.45, 2.75) is 19.8 Å². The number of anilines is 1. The van der Waals surface area contributed by atoms with Crippen LogP contribution < -0.4 is 4.31 Å². The molecule has 0 N–H and O–H groups in total. The monoisotopic (exact) mass is 413 g/mol. The molecule has 1 aliphatic heterocycles. The Balaban J connectivity index is 1.64. The Kier molecular flexibility index (Phi) is 6.17. The topological polar surface area (TPSA) is 80.8 Å². The number of sulfonamides is 1. The molecular formula is C22H23NO5S. The van der Waals surface area contributed by atoms with Crippen molar-refractivity contribution in [1.82, 2.24) is 0 Å². The second-order valence-electron chi connectivity index (χ2n) is 7.00. The van der Waals surface area contributed by atoms with E-state index in [1.807, 2.05) is 31.2 Å². The van der Waals surface area contributed by atoms with Gasteiger partial charge in [0.25, 0.3) is 0 Å². The third-order valence-corrected chi connectivity index (χ3v) is 5.99. The van der Waals surface area contributed by atoms with Gasteiger partial charge in [0.2, 0.25) is 10.0 Å². The highest BCUT2D eigenvalue weighted by Crippen LogP contribution is 2.30. The number of hydrogen-bond donors (Lipinski definition) is 0. The van der Waals surface area contributed by atoms with E-state index in [9.17, 15) is 18.0 Å². The summed E-state index contributed by atoms with van der Waals surface area (Å²) >= 11 is 0. The smallest absolute Gasteiger partial charge is 0.331 e. The van der Waals surface area contributed by atoms with Gasteiger partial charge < -0.3 is 4.74 Å². The van der Waals surface area contributed by atoms with Crippen molar-refractivity contribution in [3.63, 3.8) is 0 Å². The van der Waals surface area contributed by atoms with Crippen molar-refractivity contribution in [3.05, 3.63) is 70.8 Å². The van der Waals surface area contributed by atoms with Crippen molar-refractivity contribution in [2.24, 2.45) is 0 Å². The predicted molar refractivity (Wildman–Crippen MR) is 112 cm³/mol. The summed E-state index contributed by atoms with van der Waals surface area (Å²) in [4.78, 5) is 24.3. The molecule has 0 amide bonds. The number of ether oxygens (including phenoxy) is 1. The maximum absolute atomic E-state index is 12.4. The Morgan fingerprint density at radius 2 is 1.93 bits per heavy atom. The highest BCUT2D eigenvalue weighted by molar-refractivity contribution is 7.92. The third kappa shape index (κ3) is 5.12. The first-order valence-corrected chi connectivity index (χ1v) is 11.1. The number of hydrogen-bond acceptors (Lipinski definition) is 5. The van der Waals surface area contributed by atoms with Crippen LogP contribution in [0.25, 0.3) is 6.08 Å². The van der Waals surface area contributed by atoms with Crippen LogP contribution in [0.1, 0.15) is 33.5 Å². The van der Waals surface area contributed by atoms with Crippen LogP contribution in [-0.4, -0.2) is 39.6 Å². The minimum atomic E-state index is -3.35. The van der Waals surface area contributed by atoms with Crippen molar-refractivity contribution in [3.8, 4) is 0 Å². The van der Waals surface area contributed by atoms with E-state index in [1.54, 1.807) is 24.3 Å². The Morgan fingerprint density at radius 1 is 1.17 bits per heavy atom. The van der Waals surface area contributed by atoms with E-state index in [0.29, 0.717) is 30.6 Å². The zero-order valence-corrected chi connectivity index (χ0v) is 17.2. The first-order valence-electron chi connectivity index (χ1n) is 9.30. The van der Waals surface area contributed by atoms with Crippen LogP contribution in [0.15, 0.2) is 48.5 Å². The molecule has 0 saturated heterocycles. The Hall–Kier alpha value is -2.93. The highest BCUT2D eigenvalue weighted by atomic mass is 32.2. The molecule has 7 heteroatoms. The fourth-order valence-electron chi connectivity index (χ4n) is 3.28. The van der Waals surface area contributed by atoms with Crippen molar-refractivity contribution in [2.75, 3.05) is 23.7 Å². The first-order chi connectivity index (χ1) is 13.8. The summed E-state index contributed by atoms with van der Waals surface area (Å²) in [5, 5.41) is 0. The average Bonchev–Trinajstić information content (AvgIpc) is 2.69. The summed E-state index contributed by atoms with van der Waals surface area (Å²) in [7, 11) is -3.35. The molecule has 0 radical (unpaired) electrons. The van der Waals surface area contributed by atoms with Crippen molar-refractivity contribution in [1.29, 1.82) is 0 Å². The van der Waals surface area contributed by atoms with Crippen LogP contribution in [0.5, 0.6) is 0 Å². The predicted octanol–water partition coefficient (Wildman–Crippen LogP) is 3.15. The number of Topliss-reactive ketones (excluding diaryl/α,β-unsaturated/α-hetero) is 1. The summed E-state index contributed by atoms with van der Waals surface area (Å²) in [5.41, 5.74) is 3.74. The Bertz CT molecular complexity index is 1070. The van der Waals surface area contributed by atoms with Gasteiger partial charge in [-0.2, -0.15) is 0 Å². The third-order valence-electron chi connectivity index (χ3n) is 4.81. The van der Waals surface area contributed by atoms with E-state index in [0.717, 1.165) is 16.7 Å². The molecule has 6 nitrogen and oxygen atoms in total. The molecule has 152 valence electrons. The number of nitrogens with zero attached hydrogens (tertiary/aromatic N) is 1. The molecule has 0 aromatic heterocycles. The quantitative estimate of drug-likeness (QED) is 0.413. The summed E-state index contributed by atoms with van der Waals surface area (Å²) in [6.07, 6.45) is 5.51. The lowest BCUT2D eigenvalue weighted by Crippen LogP contribution is -2.34. The van der Waals surface area contributed by atoms with E-state index in [2.05, 4.69) is 0 Å². The van der Waals surface area contributed by atoms with Gasteiger partial charge in [-0.25, -0.2) is 13.2 Å². The number of benzene rings is 2. The molecule has 0 atom stereocenters. The molecule has 0 aliphatic carbocycles. The largest absolute Gasteiger partial charge is 0.454 e. The van der Waals surface area contributed by atoms with Crippen LogP contribution in [-0.2, 0) is 26.0 Å². The molecule has 0 spiro atoms. The van der Waals surface area contributed by atoms with Crippen LogP contribution in [0, 0.1) is 6.92 Å². The maximum Gasteiger partial charge on any atom is 0.331 e. The average molecular weight is 413 g/mol. The van der Waals surface area contributed by atoms with E-state index in [4.69, 9.17) is 4.74 Å². The zero-order chi connectivity index (χ0) is 21.0. The number of aryl methyl sites for hydroxylation is 2. The zero-order valence-electron chi connectivity index (χ0n) is 16.4. The second-order valence-corrected chi connectivity index (χ2v) is 8.91. The van der Waals surface area contributed by atoms with E-state index in [1.165, 1.54) is 16.6 Å². The van der Waals surface area contributed by atoms with Gasteiger partial charge in [-0.1, -0.05) is 24.3 Å². The summed E-state index contributed by atoms with van der Waals surface area (Å²) in [6, 6.07) is 12.5. The molecule has 0 bridgehead atoms. The van der Waals surface area contributed by atoms with E-state index in [-0.39, 0.29) is 12.4 Å². The van der Waals surface area contributed by atoms with Crippen LogP contribution >= 0.6 is 0 Å². The molecule has 29 heavy (non-hydrogen) atoms. The molecule has 1 aliphatic rings.